The highest BCUT2D eigenvalue weighted by atomic mass is 32.1. The van der Waals surface area contributed by atoms with Crippen LogP contribution in [-0.4, -0.2) is 18.8 Å². The largest absolute Gasteiger partial charge is 0.375 e. The van der Waals surface area contributed by atoms with E-state index in [4.69, 9.17) is 4.74 Å². The van der Waals surface area contributed by atoms with Crippen LogP contribution in [-0.2, 0) is 23.1 Å². The summed E-state index contributed by atoms with van der Waals surface area (Å²) < 4.78 is 19.9. The van der Waals surface area contributed by atoms with Crippen molar-refractivity contribution >= 4 is 11.3 Å². The van der Waals surface area contributed by atoms with Crippen molar-refractivity contribution in [1.82, 2.24) is 5.32 Å². The minimum atomic E-state index is -0.149. The van der Waals surface area contributed by atoms with Crippen LogP contribution in [0.15, 0.2) is 36.4 Å². The summed E-state index contributed by atoms with van der Waals surface area (Å²) in [6.07, 6.45) is 9.20. The van der Waals surface area contributed by atoms with Crippen molar-refractivity contribution in [3.63, 3.8) is 0 Å². The van der Waals surface area contributed by atoms with Gasteiger partial charge < -0.3 is 10.1 Å². The molecule has 28 heavy (non-hydrogen) atoms. The number of ether oxygens (including phenoxy) is 1. The first-order chi connectivity index (χ1) is 13.6. The van der Waals surface area contributed by atoms with E-state index in [9.17, 15) is 4.39 Å². The second-order valence-electron chi connectivity index (χ2n) is 8.60. The van der Waals surface area contributed by atoms with Crippen LogP contribution in [0, 0.1) is 5.82 Å². The normalized spacial score (nSPS) is 24.1. The lowest BCUT2D eigenvalue weighted by atomic mass is 9.66. The molecule has 2 nitrogen and oxygen atoms in total. The number of hydrogen-bond donors (Lipinski definition) is 1. The first-order valence-electron chi connectivity index (χ1n) is 10.8. The third-order valence-corrected chi connectivity index (χ3v) is 8.00. The Kier molecular flexibility index (Phi) is 6.19. The van der Waals surface area contributed by atoms with Gasteiger partial charge in [0.2, 0.25) is 0 Å². The Bertz CT molecular complexity index is 765. The Labute approximate surface area is 172 Å². The predicted molar refractivity (Wildman–Crippen MR) is 114 cm³/mol. The van der Waals surface area contributed by atoms with Crippen LogP contribution >= 0.6 is 11.3 Å². The van der Waals surface area contributed by atoms with Gasteiger partial charge in [-0.25, -0.2) is 4.39 Å². The number of aryl methyl sites for hydroxylation is 1. The fraction of sp³-hybridized carbons (Fsp3) is 0.583. The number of benzene rings is 1. The van der Waals surface area contributed by atoms with Gasteiger partial charge in [0, 0.05) is 28.3 Å². The van der Waals surface area contributed by atoms with Crippen LogP contribution in [0.1, 0.15) is 67.2 Å². The Morgan fingerprint density at radius 1 is 1.04 bits per heavy atom. The average Bonchev–Trinajstić information content (AvgIpc) is 3.35. The highest BCUT2D eigenvalue weighted by Crippen LogP contribution is 2.50. The zero-order valence-electron chi connectivity index (χ0n) is 16.9. The van der Waals surface area contributed by atoms with E-state index in [1.807, 2.05) is 23.5 Å². The zero-order valence-corrected chi connectivity index (χ0v) is 17.8. The van der Waals surface area contributed by atoms with Crippen molar-refractivity contribution in [2.24, 2.45) is 0 Å². The number of halogens is 1. The lowest BCUT2D eigenvalue weighted by Gasteiger charge is -2.47. The van der Waals surface area contributed by atoms with Gasteiger partial charge in [-0.15, -0.1) is 11.3 Å². The summed E-state index contributed by atoms with van der Waals surface area (Å²) in [6.45, 7) is 4.94. The van der Waals surface area contributed by atoms with E-state index in [2.05, 4.69) is 24.4 Å². The standard InChI is InChI=1S/C24H32FNOS/c1-2-21-9-10-22(28-21)17-26-15-13-23(19-5-7-20(25)8-6-19)14-16-27-24(18-23)11-3-4-12-24/h5-10,26H,2-4,11-18H2,1H3/t23-/m1/s1. The third-order valence-electron chi connectivity index (χ3n) is 6.77. The fourth-order valence-electron chi connectivity index (χ4n) is 5.21. The van der Waals surface area contributed by atoms with Crippen LogP contribution in [0.3, 0.4) is 0 Å². The second-order valence-corrected chi connectivity index (χ2v) is 9.85. The van der Waals surface area contributed by atoms with Crippen molar-refractivity contribution in [1.29, 1.82) is 0 Å². The SMILES string of the molecule is CCc1ccc(CNCC[C@@]2(c3ccc(F)cc3)CCOC3(CCCC3)C2)s1. The minimum Gasteiger partial charge on any atom is -0.375 e. The van der Waals surface area contributed by atoms with E-state index < -0.39 is 0 Å². The summed E-state index contributed by atoms with van der Waals surface area (Å²) in [5, 5.41) is 3.67. The molecule has 1 saturated heterocycles. The van der Waals surface area contributed by atoms with E-state index in [1.165, 1.54) is 41.0 Å². The summed E-state index contributed by atoms with van der Waals surface area (Å²) in [4.78, 5) is 2.86. The van der Waals surface area contributed by atoms with Gasteiger partial charge in [0.25, 0.3) is 0 Å². The van der Waals surface area contributed by atoms with Crippen molar-refractivity contribution in [2.45, 2.75) is 75.9 Å². The molecule has 2 aromatic rings. The molecule has 1 aromatic heterocycles. The topological polar surface area (TPSA) is 21.3 Å². The monoisotopic (exact) mass is 401 g/mol. The van der Waals surface area contributed by atoms with Crippen LogP contribution in [0.25, 0.3) is 0 Å². The number of thiophene rings is 1. The van der Waals surface area contributed by atoms with E-state index in [0.29, 0.717) is 0 Å². The molecular weight excluding hydrogens is 369 g/mol. The van der Waals surface area contributed by atoms with Crippen molar-refractivity contribution in [2.75, 3.05) is 13.2 Å². The lowest BCUT2D eigenvalue weighted by Crippen LogP contribution is -2.47. The summed E-state index contributed by atoms with van der Waals surface area (Å²) in [6, 6.07) is 11.8. The highest BCUT2D eigenvalue weighted by Gasteiger charge is 2.47. The third kappa shape index (κ3) is 4.34. The van der Waals surface area contributed by atoms with Crippen LogP contribution < -0.4 is 5.32 Å². The molecule has 2 fully saturated rings. The summed E-state index contributed by atoms with van der Waals surface area (Å²) >= 11 is 1.91. The Balaban J connectivity index is 1.46. The molecular formula is C24H32FNOS. The molecule has 1 aliphatic heterocycles. The molecule has 1 saturated carbocycles. The van der Waals surface area contributed by atoms with Crippen LogP contribution in [0.5, 0.6) is 0 Å². The van der Waals surface area contributed by atoms with Gasteiger partial charge in [-0.1, -0.05) is 31.9 Å². The molecule has 1 aliphatic carbocycles. The van der Waals surface area contributed by atoms with Gasteiger partial charge in [0.15, 0.2) is 0 Å². The average molecular weight is 402 g/mol. The van der Waals surface area contributed by atoms with Crippen LogP contribution in [0.4, 0.5) is 4.39 Å². The maximum Gasteiger partial charge on any atom is 0.123 e. The molecule has 152 valence electrons. The van der Waals surface area contributed by atoms with E-state index in [1.54, 1.807) is 12.1 Å². The Hall–Kier alpha value is -1.23. The number of hydrogen-bond acceptors (Lipinski definition) is 3. The van der Waals surface area contributed by atoms with Gasteiger partial charge in [-0.2, -0.15) is 0 Å². The predicted octanol–water partition coefficient (Wildman–Crippen LogP) is 5.99. The van der Waals surface area contributed by atoms with Gasteiger partial charge in [-0.3, -0.25) is 0 Å². The maximum atomic E-state index is 13.6. The highest BCUT2D eigenvalue weighted by molar-refractivity contribution is 7.11. The smallest absolute Gasteiger partial charge is 0.123 e. The van der Waals surface area contributed by atoms with Gasteiger partial charge in [0.05, 0.1) is 5.60 Å². The molecule has 2 heterocycles. The molecule has 1 N–H and O–H groups in total. The van der Waals surface area contributed by atoms with Gasteiger partial charge in [0.1, 0.15) is 5.82 Å². The lowest BCUT2D eigenvalue weighted by molar-refractivity contribution is -0.103. The first-order valence-corrected chi connectivity index (χ1v) is 11.6. The zero-order chi connectivity index (χ0) is 19.5. The molecule has 4 rings (SSSR count). The van der Waals surface area contributed by atoms with E-state index in [-0.39, 0.29) is 16.8 Å². The quantitative estimate of drug-likeness (QED) is 0.575. The van der Waals surface area contributed by atoms with E-state index in [0.717, 1.165) is 45.4 Å². The molecule has 4 heteroatoms. The first kappa shape index (κ1) is 20.1. The Morgan fingerprint density at radius 2 is 1.79 bits per heavy atom. The Morgan fingerprint density at radius 3 is 2.50 bits per heavy atom. The molecule has 1 aromatic carbocycles. The number of nitrogens with one attached hydrogen (secondary N) is 1. The second kappa shape index (κ2) is 8.64. The summed E-state index contributed by atoms with van der Waals surface area (Å²) in [7, 11) is 0. The van der Waals surface area contributed by atoms with Crippen molar-refractivity contribution in [3.05, 3.63) is 57.5 Å². The number of rotatable bonds is 7. The molecule has 0 amide bonds. The molecule has 0 unspecified atom stereocenters. The molecule has 2 aliphatic rings. The van der Waals surface area contributed by atoms with E-state index >= 15 is 0 Å². The maximum absolute atomic E-state index is 13.6. The fourth-order valence-corrected chi connectivity index (χ4v) is 6.14. The van der Waals surface area contributed by atoms with Crippen LogP contribution in [0.2, 0.25) is 0 Å². The summed E-state index contributed by atoms with van der Waals surface area (Å²) in [5.74, 6) is -0.149. The van der Waals surface area contributed by atoms with Gasteiger partial charge >= 0.3 is 0 Å². The van der Waals surface area contributed by atoms with Gasteiger partial charge in [-0.05, 0) is 74.9 Å². The summed E-state index contributed by atoms with van der Waals surface area (Å²) in [5.41, 5.74) is 1.43. The minimum absolute atomic E-state index is 0.0520. The molecule has 0 radical (unpaired) electrons. The van der Waals surface area contributed by atoms with Crippen molar-refractivity contribution in [3.8, 4) is 0 Å². The molecule has 1 spiro atoms. The molecule has 1 atom stereocenters. The van der Waals surface area contributed by atoms with Crippen molar-refractivity contribution < 1.29 is 9.13 Å². The molecule has 0 bridgehead atoms.